The fraction of sp³-hybridized carbons (Fsp3) is 0.364. The summed E-state index contributed by atoms with van der Waals surface area (Å²) in [5, 5.41) is 2.95. The van der Waals surface area contributed by atoms with Crippen LogP contribution in [-0.2, 0) is 4.79 Å². The smallest absolute Gasteiger partial charge is 0.253 e. The van der Waals surface area contributed by atoms with Crippen LogP contribution in [-0.4, -0.2) is 35.9 Å². The summed E-state index contributed by atoms with van der Waals surface area (Å²) in [6.45, 7) is 4.81. The van der Waals surface area contributed by atoms with Gasteiger partial charge >= 0.3 is 0 Å². The zero-order chi connectivity index (χ0) is 20.1. The maximum atomic E-state index is 13.3. The molecular formula is C22H25FN2O3. The van der Waals surface area contributed by atoms with Gasteiger partial charge in [0.2, 0.25) is 5.91 Å². The normalized spacial score (nSPS) is 14.8. The Morgan fingerprint density at radius 2 is 1.82 bits per heavy atom. The second kappa shape index (κ2) is 8.87. The molecule has 2 aromatic rings. The number of piperidine rings is 1. The summed E-state index contributed by atoms with van der Waals surface area (Å²) in [4.78, 5) is 26.9. The zero-order valence-electron chi connectivity index (χ0n) is 16.2. The number of carbonyl (C=O) groups is 2. The first-order chi connectivity index (χ1) is 13.4. The molecule has 1 aliphatic rings. The second-order valence-corrected chi connectivity index (χ2v) is 7.23. The van der Waals surface area contributed by atoms with Crippen molar-refractivity contribution >= 4 is 17.5 Å². The molecule has 3 rings (SSSR count). The van der Waals surface area contributed by atoms with E-state index in [1.54, 1.807) is 11.0 Å². The summed E-state index contributed by atoms with van der Waals surface area (Å²) < 4.78 is 19.1. The average Bonchev–Trinajstić information content (AvgIpc) is 2.68. The first-order valence-corrected chi connectivity index (χ1v) is 9.55. The minimum absolute atomic E-state index is 0.00938. The summed E-state index contributed by atoms with van der Waals surface area (Å²) >= 11 is 0. The molecular weight excluding hydrogens is 359 g/mol. The number of rotatable bonds is 5. The molecule has 5 nitrogen and oxygen atoms in total. The third-order valence-electron chi connectivity index (χ3n) is 4.73. The Labute approximate surface area is 164 Å². The molecule has 0 aliphatic carbocycles. The lowest BCUT2D eigenvalue weighted by Gasteiger charge is -2.31. The van der Waals surface area contributed by atoms with Gasteiger partial charge in [-0.1, -0.05) is 18.2 Å². The molecule has 0 radical (unpaired) electrons. The molecule has 2 amide bonds. The molecule has 1 heterocycles. The highest BCUT2D eigenvalue weighted by Gasteiger charge is 2.28. The number of anilines is 1. The molecule has 0 bridgehead atoms. The molecule has 0 unspecified atom stereocenters. The van der Waals surface area contributed by atoms with Gasteiger partial charge in [-0.05, 0) is 57.0 Å². The quantitative estimate of drug-likeness (QED) is 0.844. The summed E-state index contributed by atoms with van der Waals surface area (Å²) in [6.07, 6.45) is 1.15. The molecule has 2 aromatic carbocycles. The van der Waals surface area contributed by atoms with Gasteiger partial charge in [0.25, 0.3) is 5.91 Å². The maximum absolute atomic E-state index is 13.3. The van der Waals surface area contributed by atoms with E-state index in [0.29, 0.717) is 42.9 Å². The Balaban J connectivity index is 1.58. The Bertz CT molecular complexity index is 845. The number of carbonyl (C=O) groups excluding carboxylic acids is 2. The van der Waals surface area contributed by atoms with Crippen LogP contribution in [0.1, 0.15) is 37.0 Å². The lowest BCUT2D eigenvalue weighted by atomic mass is 9.95. The minimum atomic E-state index is -0.428. The molecule has 1 saturated heterocycles. The van der Waals surface area contributed by atoms with E-state index in [1.807, 2.05) is 38.1 Å². The number of ether oxygens (including phenoxy) is 1. The maximum Gasteiger partial charge on any atom is 0.253 e. The summed E-state index contributed by atoms with van der Waals surface area (Å²) in [5.41, 5.74) is 0.988. The predicted octanol–water partition coefficient (Wildman–Crippen LogP) is 4.10. The number of nitrogens with zero attached hydrogens (tertiary/aromatic N) is 1. The van der Waals surface area contributed by atoms with Crippen molar-refractivity contribution in [3.63, 3.8) is 0 Å². The lowest BCUT2D eigenvalue weighted by molar-refractivity contribution is -0.121. The fourth-order valence-electron chi connectivity index (χ4n) is 3.31. The van der Waals surface area contributed by atoms with Crippen molar-refractivity contribution in [2.75, 3.05) is 18.4 Å². The van der Waals surface area contributed by atoms with E-state index >= 15 is 0 Å². The molecule has 1 aliphatic heterocycles. The second-order valence-electron chi connectivity index (χ2n) is 7.23. The van der Waals surface area contributed by atoms with E-state index in [1.165, 1.54) is 18.2 Å². The van der Waals surface area contributed by atoms with E-state index in [2.05, 4.69) is 5.32 Å². The molecule has 0 atom stereocenters. The van der Waals surface area contributed by atoms with E-state index in [0.717, 1.165) is 0 Å². The van der Waals surface area contributed by atoms with Crippen molar-refractivity contribution in [2.24, 2.45) is 5.92 Å². The van der Waals surface area contributed by atoms with Crippen LogP contribution in [0.15, 0.2) is 48.5 Å². The molecule has 6 heteroatoms. The highest BCUT2D eigenvalue weighted by molar-refractivity contribution is 5.96. The molecule has 1 fully saturated rings. The minimum Gasteiger partial charge on any atom is -0.489 e. The molecule has 0 saturated carbocycles. The monoisotopic (exact) mass is 384 g/mol. The third kappa shape index (κ3) is 4.88. The van der Waals surface area contributed by atoms with Gasteiger partial charge in [-0.25, -0.2) is 4.39 Å². The van der Waals surface area contributed by atoms with E-state index < -0.39 is 5.82 Å². The van der Waals surface area contributed by atoms with Gasteiger partial charge in [-0.15, -0.1) is 0 Å². The van der Waals surface area contributed by atoms with Crippen LogP contribution in [0.2, 0.25) is 0 Å². The number of para-hydroxylation sites is 2. The van der Waals surface area contributed by atoms with Crippen molar-refractivity contribution in [3.05, 3.63) is 59.9 Å². The van der Waals surface area contributed by atoms with Crippen LogP contribution in [0.3, 0.4) is 0 Å². The molecule has 1 N–H and O–H groups in total. The van der Waals surface area contributed by atoms with Crippen LogP contribution < -0.4 is 10.1 Å². The van der Waals surface area contributed by atoms with E-state index in [4.69, 9.17) is 4.74 Å². The van der Waals surface area contributed by atoms with Gasteiger partial charge in [0.05, 0.1) is 11.8 Å². The van der Waals surface area contributed by atoms with Gasteiger partial charge in [0.15, 0.2) is 0 Å². The van der Waals surface area contributed by atoms with Crippen molar-refractivity contribution < 1.29 is 18.7 Å². The Hall–Kier alpha value is -2.89. The average molecular weight is 384 g/mol. The first kappa shape index (κ1) is 19.9. The van der Waals surface area contributed by atoms with Crippen LogP contribution in [0, 0.1) is 11.7 Å². The first-order valence-electron chi connectivity index (χ1n) is 9.55. The number of likely N-dealkylation sites (tertiary alicyclic amines) is 1. The number of hydrogen-bond donors (Lipinski definition) is 1. The summed E-state index contributed by atoms with van der Waals surface area (Å²) in [7, 11) is 0. The van der Waals surface area contributed by atoms with Crippen molar-refractivity contribution in [1.82, 2.24) is 4.90 Å². The Kier molecular flexibility index (Phi) is 6.29. The van der Waals surface area contributed by atoms with Crippen LogP contribution in [0.4, 0.5) is 10.1 Å². The van der Waals surface area contributed by atoms with Gasteiger partial charge in [0.1, 0.15) is 11.6 Å². The zero-order valence-corrected chi connectivity index (χ0v) is 16.2. The van der Waals surface area contributed by atoms with Crippen LogP contribution >= 0.6 is 0 Å². The van der Waals surface area contributed by atoms with Crippen molar-refractivity contribution in [1.29, 1.82) is 0 Å². The molecule has 28 heavy (non-hydrogen) atoms. The van der Waals surface area contributed by atoms with Gasteiger partial charge in [-0.3, -0.25) is 9.59 Å². The highest BCUT2D eigenvalue weighted by atomic mass is 19.1. The standard InChI is InChI=1S/C22H25FN2O3/c1-15(2)28-20-9-4-3-8-19(20)24-21(26)16-10-12-25(13-11-16)22(27)17-6-5-7-18(23)14-17/h3-9,14-16H,10-13H2,1-2H3,(H,24,26). The lowest BCUT2D eigenvalue weighted by Crippen LogP contribution is -2.41. The number of amides is 2. The molecule has 148 valence electrons. The summed E-state index contributed by atoms with van der Waals surface area (Å²) in [5.74, 6) is -0.234. The van der Waals surface area contributed by atoms with Gasteiger partial charge < -0.3 is 15.0 Å². The number of benzene rings is 2. The highest BCUT2D eigenvalue weighted by Crippen LogP contribution is 2.27. The van der Waals surface area contributed by atoms with Crippen LogP contribution in [0.5, 0.6) is 5.75 Å². The molecule has 0 spiro atoms. The summed E-state index contributed by atoms with van der Waals surface area (Å²) in [6, 6.07) is 13.1. The number of halogens is 1. The number of nitrogens with one attached hydrogen (secondary N) is 1. The molecule has 0 aromatic heterocycles. The van der Waals surface area contributed by atoms with E-state index in [9.17, 15) is 14.0 Å². The SMILES string of the molecule is CC(C)Oc1ccccc1NC(=O)C1CCN(C(=O)c2cccc(F)c2)CC1. The van der Waals surface area contributed by atoms with Gasteiger partial charge in [-0.2, -0.15) is 0 Å². The van der Waals surface area contributed by atoms with Crippen LogP contribution in [0.25, 0.3) is 0 Å². The Morgan fingerprint density at radius 3 is 2.50 bits per heavy atom. The fourth-order valence-corrected chi connectivity index (χ4v) is 3.31. The van der Waals surface area contributed by atoms with Crippen molar-refractivity contribution in [3.8, 4) is 5.75 Å². The third-order valence-corrected chi connectivity index (χ3v) is 4.73. The van der Waals surface area contributed by atoms with Gasteiger partial charge in [0, 0.05) is 24.6 Å². The topological polar surface area (TPSA) is 58.6 Å². The van der Waals surface area contributed by atoms with E-state index in [-0.39, 0.29) is 23.8 Å². The van der Waals surface area contributed by atoms with Crippen molar-refractivity contribution in [2.45, 2.75) is 32.8 Å². The predicted molar refractivity (Wildman–Crippen MR) is 106 cm³/mol. The Morgan fingerprint density at radius 1 is 1.11 bits per heavy atom. The largest absolute Gasteiger partial charge is 0.489 e. The number of hydrogen-bond acceptors (Lipinski definition) is 3.